The topological polar surface area (TPSA) is 43.4 Å². The smallest absolute Gasteiger partial charge is 0.308 e. The van der Waals surface area contributed by atoms with Crippen LogP contribution in [0.1, 0.15) is 57.4 Å². The van der Waals surface area contributed by atoms with Crippen molar-refractivity contribution < 1.29 is 14.3 Å². The summed E-state index contributed by atoms with van der Waals surface area (Å²) < 4.78 is 5.12. The Morgan fingerprint density at radius 2 is 1.83 bits per heavy atom. The SMILES string of the molecule is CC[C@@H]1[C@@H]2CCC(=O)C=C2CC[C@H]1c1ccc(OC(C)=O)cc1. The second-order valence-corrected chi connectivity index (χ2v) is 6.71. The van der Waals surface area contributed by atoms with Crippen LogP contribution in [0.3, 0.4) is 0 Å². The summed E-state index contributed by atoms with van der Waals surface area (Å²) in [6, 6.07) is 7.96. The van der Waals surface area contributed by atoms with E-state index in [0.717, 1.165) is 25.7 Å². The van der Waals surface area contributed by atoms with E-state index < -0.39 is 0 Å². The lowest BCUT2D eigenvalue weighted by Gasteiger charge is -2.41. The van der Waals surface area contributed by atoms with E-state index in [-0.39, 0.29) is 5.97 Å². The molecule has 122 valence electrons. The normalized spacial score (nSPS) is 27.1. The van der Waals surface area contributed by atoms with Gasteiger partial charge < -0.3 is 4.74 Å². The molecule has 0 radical (unpaired) electrons. The summed E-state index contributed by atoms with van der Waals surface area (Å²) in [6.07, 6.45) is 6.88. The van der Waals surface area contributed by atoms with Crippen LogP contribution in [-0.4, -0.2) is 11.8 Å². The quantitative estimate of drug-likeness (QED) is 0.613. The van der Waals surface area contributed by atoms with E-state index in [1.54, 1.807) is 0 Å². The van der Waals surface area contributed by atoms with Crippen LogP contribution in [0.5, 0.6) is 5.75 Å². The van der Waals surface area contributed by atoms with Gasteiger partial charge in [0.15, 0.2) is 5.78 Å². The lowest BCUT2D eigenvalue weighted by atomic mass is 9.63. The Kier molecular flexibility index (Phi) is 4.65. The predicted molar refractivity (Wildman–Crippen MR) is 89.3 cm³/mol. The summed E-state index contributed by atoms with van der Waals surface area (Å²) in [7, 11) is 0. The molecule has 1 saturated carbocycles. The van der Waals surface area contributed by atoms with Gasteiger partial charge in [-0.05, 0) is 60.8 Å². The highest BCUT2D eigenvalue weighted by atomic mass is 16.5. The van der Waals surface area contributed by atoms with Crippen LogP contribution in [0.25, 0.3) is 0 Å². The van der Waals surface area contributed by atoms with Crippen molar-refractivity contribution in [2.45, 2.75) is 51.9 Å². The molecule has 0 N–H and O–H groups in total. The molecule has 2 aliphatic rings. The molecule has 0 saturated heterocycles. The molecule has 0 amide bonds. The van der Waals surface area contributed by atoms with Crippen LogP contribution in [0.2, 0.25) is 0 Å². The van der Waals surface area contributed by atoms with Gasteiger partial charge in [-0.2, -0.15) is 0 Å². The molecule has 3 heteroatoms. The fourth-order valence-corrected chi connectivity index (χ4v) is 4.36. The van der Waals surface area contributed by atoms with Crippen LogP contribution < -0.4 is 4.74 Å². The van der Waals surface area contributed by atoms with E-state index in [2.05, 4.69) is 19.1 Å². The maximum Gasteiger partial charge on any atom is 0.308 e. The first kappa shape index (κ1) is 16.0. The van der Waals surface area contributed by atoms with Crippen LogP contribution >= 0.6 is 0 Å². The molecule has 3 nitrogen and oxygen atoms in total. The zero-order valence-electron chi connectivity index (χ0n) is 13.9. The van der Waals surface area contributed by atoms with Gasteiger partial charge in [0.25, 0.3) is 0 Å². The Morgan fingerprint density at radius 3 is 2.48 bits per heavy atom. The molecule has 1 aromatic carbocycles. The standard InChI is InChI=1S/C20H24O3/c1-3-18-19(10-6-15-12-16(22)7-11-20(15)18)14-4-8-17(9-5-14)23-13(2)21/h4-5,8-9,12,18-20H,3,6-7,10-11H2,1-2H3/t18-,19-,20+/m0/s1. The van der Waals surface area contributed by atoms with Crippen molar-refractivity contribution in [1.29, 1.82) is 0 Å². The van der Waals surface area contributed by atoms with Crippen LogP contribution in [0.15, 0.2) is 35.9 Å². The molecule has 0 bridgehead atoms. The van der Waals surface area contributed by atoms with E-state index in [1.807, 2.05) is 18.2 Å². The molecular formula is C20H24O3. The number of ether oxygens (including phenoxy) is 1. The summed E-state index contributed by atoms with van der Waals surface area (Å²) in [5.41, 5.74) is 2.70. The fourth-order valence-electron chi connectivity index (χ4n) is 4.36. The first-order valence-electron chi connectivity index (χ1n) is 8.60. The molecule has 3 rings (SSSR count). The van der Waals surface area contributed by atoms with Gasteiger partial charge in [0.05, 0.1) is 0 Å². The Bertz CT molecular complexity index is 627. The van der Waals surface area contributed by atoms with Gasteiger partial charge in [-0.1, -0.05) is 31.1 Å². The number of rotatable bonds is 3. The van der Waals surface area contributed by atoms with Crippen LogP contribution in [-0.2, 0) is 9.59 Å². The Balaban J connectivity index is 1.81. The maximum absolute atomic E-state index is 11.7. The number of carbonyl (C=O) groups is 2. The first-order chi connectivity index (χ1) is 11.1. The molecule has 23 heavy (non-hydrogen) atoms. The van der Waals surface area contributed by atoms with Crippen molar-refractivity contribution in [1.82, 2.24) is 0 Å². The molecule has 3 atom stereocenters. The van der Waals surface area contributed by atoms with E-state index >= 15 is 0 Å². The molecule has 1 fully saturated rings. The summed E-state index contributed by atoms with van der Waals surface area (Å²) in [5, 5.41) is 0. The molecule has 0 aliphatic heterocycles. The number of allylic oxidation sites excluding steroid dienone is 2. The van der Waals surface area contributed by atoms with Gasteiger partial charge in [0.1, 0.15) is 5.75 Å². The van der Waals surface area contributed by atoms with Gasteiger partial charge in [0, 0.05) is 13.3 Å². The Morgan fingerprint density at radius 1 is 1.13 bits per heavy atom. The lowest BCUT2D eigenvalue weighted by Crippen LogP contribution is -2.31. The summed E-state index contributed by atoms with van der Waals surface area (Å²) in [5.74, 6) is 2.31. The number of fused-ring (bicyclic) bond motifs is 1. The van der Waals surface area contributed by atoms with Gasteiger partial charge in [-0.3, -0.25) is 9.59 Å². The minimum atomic E-state index is -0.288. The largest absolute Gasteiger partial charge is 0.427 e. The maximum atomic E-state index is 11.7. The monoisotopic (exact) mass is 312 g/mol. The minimum Gasteiger partial charge on any atom is -0.427 e. The van der Waals surface area contributed by atoms with E-state index in [1.165, 1.54) is 18.1 Å². The third-order valence-electron chi connectivity index (χ3n) is 5.34. The summed E-state index contributed by atoms with van der Waals surface area (Å²) in [4.78, 5) is 22.7. The second kappa shape index (κ2) is 6.69. The minimum absolute atomic E-state index is 0.288. The number of hydrogen-bond donors (Lipinski definition) is 0. The Labute approximate surface area is 137 Å². The highest BCUT2D eigenvalue weighted by Crippen LogP contribution is 2.48. The first-order valence-corrected chi connectivity index (χ1v) is 8.60. The fraction of sp³-hybridized carbons (Fsp3) is 0.500. The van der Waals surface area contributed by atoms with Crippen LogP contribution in [0, 0.1) is 11.8 Å². The van der Waals surface area contributed by atoms with Gasteiger partial charge >= 0.3 is 5.97 Å². The number of esters is 1. The average Bonchev–Trinajstić information content (AvgIpc) is 2.54. The van der Waals surface area contributed by atoms with Crippen LogP contribution in [0.4, 0.5) is 0 Å². The van der Waals surface area contributed by atoms with Crippen molar-refractivity contribution in [3.63, 3.8) is 0 Å². The molecule has 2 aliphatic carbocycles. The molecule has 0 unspecified atom stereocenters. The molecule has 0 aromatic heterocycles. The third kappa shape index (κ3) is 3.39. The van der Waals surface area contributed by atoms with Crippen molar-refractivity contribution in [2.75, 3.05) is 0 Å². The van der Waals surface area contributed by atoms with Gasteiger partial charge in [0.2, 0.25) is 0 Å². The van der Waals surface area contributed by atoms with Crippen molar-refractivity contribution in [2.24, 2.45) is 11.8 Å². The second-order valence-electron chi connectivity index (χ2n) is 6.71. The third-order valence-corrected chi connectivity index (χ3v) is 5.34. The van der Waals surface area contributed by atoms with Gasteiger partial charge in [-0.25, -0.2) is 0 Å². The number of ketones is 1. The van der Waals surface area contributed by atoms with Gasteiger partial charge in [-0.15, -0.1) is 0 Å². The molecular weight excluding hydrogens is 288 g/mol. The molecule has 0 spiro atoms. The van der Waals surface area contributed by atoms with Crippen molar-refractivity contribution in [3.8, 4) is 5.75 Å². The predicted octanol–water partition coefficient (Wildman–Crippen LogP) is 4.42. The molecule has 0 heterocycles. The average molecular weight is 312 g/mol. The van der Waals surface area contributed by atoms with E-state index in [0.29, 0.717) is 35.7 Å². The molecule has 1 aromatic rings. The zero-order valence-corrected chi connectivity index (χ0v) is 13.9. The number of hydrogen-bond acceptors (Lipinski definition) is 3. The van der Waals surface area contributed by atoms with Crippen molar-refractivity contribution in [3.05, 3.63) is 41.5 Å². The lowest BCUT2D eigenvalue weighted by molar-refractivity contribution is -0.131. The highest BCUT2D eigenvalue weighted by Gasteiger charge is 2.37. The summed E-state index contributed by atoms with van der Waals surface area (Å²) >= 11 is 0. The highest BCUT2D eigenvalue weighted by molar-refractivity contribution is 5.91. The number of benzene rings is 1. The number of carbonyl (C=O) groups excluding carboxylic acids is 2. The Hall–Kier alpha value is -1.90. The zero-order chi connectivity index (χ0) is 16.4. The summed E-state index contributed by atoms with van der Waals surface area (Å²) in [6.45, 7) is 3.67. The van der Waals surface area contributed by atoms with Crippen molar-refractivity contribution >= 4 is 11.8 Å². The van der Waals surface area contributed by atoms with E-state index in [4.69, 9.17) is 4.74 Å². The van der Waals surface area contributed by atoms with E-state index in [9.17, 15) is 9.59 Å².